The van der Waals surface area contributed by atoms with Crippen molar-refractivity contribution in [1.82, 2.24) is 13.4 Å². The smallest absolute Gasteiger partial charge is 0.270 e. The summed E-state index contributed by atoms with van der Waals surface area (Å²) in [5, 5.41) is 13.7. The topological polar surface area (TPSA) is 74.0 Å². The van der Waals surface area contributed by atoms with Crippen LogP contribution in [0.2, 0.25) is 10.0 Å². The summed E-state index contributed by atoms with van der Waals surface area (Å²) in [4.78, 5) is 12.3. The maximum atomic E-state index is 12.9. The van der Waals surface area contributed by atoms with E-state index in [9.17, 15) is 18.0 Å². The molecule has 6 nitrogen and oxygen atoms in total. The number of alkyl halides is 3. The first kappa shape index (κ1) is 19.6. The highest BCUT2D eigenvalue weighted by molar-refractivity contribution is 14.1. The van der Waals surface area contributed by atoms with Crippen LogP contribution >= 0.6 is 46.1 Å². The van der Waals surface area contributed by atoms with Crippen LogP contribution in [0.15, 0.2) is 18.2 Å². The molecule has 0 radical (unpaired) electrons. The lowest BCUT2D eigenvalue weighted by Crippen LogP contribution is -2.40. The molecule has 2 aromatic rings. The van der Waals surface area contributed by atoms with Crippen LogP contribution in [0.4, 0.5) is 19.0 Å². The fourth-order valence-corrected chi connectivity index (χ4v) is 3.19. The molecule has 0 unspecified atom stereocenters. The van der Waals surface area contributed by atoms with Crippen molar-refractivity contribution in [2.45, 2.75) is 6.18 Å². The molecule has 1 amide bonds. The lowest BCUT2D eigenvalue weighted by Gasteiger charge is -2.20. The number of halogens is 6. The van der Waals surface area contributed by atoms with Crippen molar-refractivity contribution in [3.63, 3.8) is 0 Å². The fraction of sp³-hybridized carbons (Fsp3) is 0.154. The van der Waals surface area contributed by atoms with E-state index in [-0.39, 0.29) is 16.4 Å². The maximum absolute atomic E-state index is 12.9. The second-order valence-electron chi connectivity index (χ2n) is 4.64. The van der Waals surface area contributed by atoms with Gasteiger partial charge in [0.15, 0.2) is 11.5 Å². The van der Waals surface area contributed by atoms with Crippen molar-refractivity contribution < 1.29 is 18.0 Å². The van der Waals surface area contributed by atoms with Gasteiger partial charge >= 0.3 is 6.18 Å². The predicted octanol–water partition coefficient (Wildman–Crippen LogP) is 4.06. The van der Waals surface area contributed by atoms with E-state index in [2.05, 4.69) is 10.5 Å². The molecule has 0 spiro atoms. The molecular weight excluding hydrogens is 497 g/mol. The molecule has 0 aliphatic carbocycles. The van der Waals surface area contributed by atoms with Crippen LogP contribution in [0.5, 0.6) is 0 Å². The summed E-state index contributed by atoms with van der Waals surface area (Å²) in [6.07, 6.45) is -4.80. The van der Waals surface area contributed by atoms with Crippen molar-refractivity contribution in [2.75, 3.05) is 12.1 Å². The first-order valence-corrected chi connectivity index (χ1v) is 8.04. The van der Waals surface area contributed by atoms with Gasteiger partial charge in [0.1, 0.15) is 11.6 Å². The van der Waals surface area contributed by atoms with Gasteiger partial charge in [0.25, 0.3) is 5.91 Å². The van der Waals surface area contributed by atoms with E-state index in [1.165, 1.54) is 54.2 Å². The molecule has 0 aliphatic rings. The molecule has 25 heavy (non-hydrogen) atoms. The number of nitrogens with one attached hydrogen (secondary N) is 1. The number of benzene rings is 1. The van der Waals surface area contributed by atoms with Crippen LogP contribution < -0.4 is 10.4 Å². The summed E-state index contributed by atoms with van der Waals surface area (Å²) >= 11 is 13.1. The van der Waals surface area contributed by atoms with Gasteiger partial charge in [-0.3, -0.25) is 15.2 Å². The molecule has 0 bridgehead atoms. The van der Waals surface area contributed by atoms with Crippen molar-refractivity contribution >= 4 is 57.8 Å². The largest absolute Gasteiger partial charge is 0.436 e. The van der Waals surface area contributed by atoms with Crippen molar-refractivity contribution in [3.05, 3.63) is 45.1 Å². The molecule has 2 rings (SSSR count). The zero-order valence-corrected chi connectivity index (χ0v) is 15.9. The Morgan fingerprint density at radius 1 is 1.44 bits per heavy atom. The minimum absolute atomic E-state index is 0.0620. The molecule has 1 aromatic heterocycles. The number of carbonyl (C=O) groups excluding carboxylic acids is 1. The molecule has 0 saturated heterocycles. The van der Waals surface area contributed by atoms with E-state index in [1.807, 2.05) is 0 Å². The third-order valence-corrected chi connectivity index (χ3v) is 4.19. The molecule has 1 aromatic carbocycles. The van der Waals surface area contributed by atoms with Gasteiger partial charge in [-0.05, 0) is 18.2 Å². The van der Waals surface area contributed by atoms with Crippen LogP contribution in [-0.2, 0) is 6.18 Å². The van der Waals surface area contributed by atoms with E-state index >= 15 is 0 Å². The van der Waals surface area contributed by atoms with Gasteiger partial charge in [0.2, 0.25) is 0 Å². The van der Waals surface area contributed by atoms with Crippen LogP contribution in [0.3, 0.4) is 0 Å². The molecule has 0 fully saturated rings. The number of nitrogens with zero attached hydrogens (tertiary/aromatic N) is 4. The van der Waals surface area contributed by atoms with Gasteiger partial charge in [0, 0.05) is 12.1 Å². The molecule has 132 valence electrons. The number of hydrazine groups is 1. The monoisotopic (exact) mass is 503 g/mol. The predicted molar refractivity (Wildman–Crippen MR) is 93.7 cm³/mol. The second kappa shape index (κ2) is 7.27. The Hall–Kier alpha value is -1.71. The number of anilines is 1. The lowest BCUT2D eigenvalue weighted by molar-refractivity contribution is -0.141. The number of rotatable bonds is 3. The summed E-state index contributed by atoms with van der Waals surface area (Å²) < 4.78 is 39.7. The minimum Gasteiger partial charge on any atom is -0.270 e. The van der Waals surface area contributed by atoms with E-state index in [0.29, 0.717) is 5.02 Å². The summed E-state index contributed by atoms with van der Waals surface area (Å²) in [5.41, 5.74) is 0.339. The number of carbonyl (C=O) groups is 1. The highest BCUT2D eigenvalue weighted by atomic mass is 127. The quantitative estimate of drug-likeness (QED) is 0.506. The average Bonchev–Trinajstić information content (AvgIpc) is 2.83. The number of amides is 1. The molecule has 0 saturated carbocycles. The molecule has 0 aliphatic heterocycles. The van der Waals surface area contributed by atoms with Crippen molar-refractivity contribution in [2.24, 2.45) is 0 Å². The molecule has 12 heteroatoms. The lowest BCUT2D eigenvalue weighted by atomic mass is 10.2. The zero-order valence-electron chi connectivity index (χ0n) is 12.2. The van der Waals surface area contributed by atoms with E-state index in [0.717, 1.165) is 7.90 Å². The Labute approximate surface area is 163 Å². The number of hydrogen-bond acceptors (Lipinski definition) is 4. The van der Waals surface area contributed by atoms with E-state index < -0.39 is 23.3 Å². The van der Waals surface area contributed by atoms with Crippen molar-refractivity contribution in [3.8, 4) is 6.07 Å². The normalized spacial score (nSPS) is 11.1. The molecule has 1 heterocycles. The van der Waals surface area contributed by atoms with Gasteiger partial charge in [-0.2, -0.15) is 26.4 Å². The first-order chi connectivity index (χ1) is 11.6. The number of hydrogen-bond donors (Lipinski definition) is 1. The van der Waals surface area contributed by atoms with Crippen LogP contribution in [0.25, 0.3) is 0 Å². The average molecular weight is 504 g/mol. The summed E-state index contributed by atoms with van der Waals surface area (Å²) in [6, 6.07) is 5.61. The van der Waals surface area contributed by atoms with E-state index in [4.69, 9.17) is 28.5 Å². The fourth-order valence-electron chi connectivity index (χ4n) is 1.92. The van der Waals surface area contributed by atoms with Crippen LogP contribution in [0, 0.1) is 11.3 Å². The minimum atomic E-state index is -4.80. The van der Waals surface area contributed by atoms with E-state index in [1.54, 1.807) is 0 Å². The summed E-state index contributed by atoms with van der Waals surface area (Å²) in [7, 11) is 1.27. The van der Waals surface area contributed by atoms with Gasteiger partial charge in [-0.15, -0.1) is 0 Å². The standard InChI is InChI=1S/C13H7Cl2F3IN5O/c1-23(22-11(25)7-3-2-6(14)4-9(7)15)12-8(5-20)10(13(16,17)18)21-24(12)19/h2-4H,1H3,(H,22,25). The third-order valence-electron chi connectivity index (χ3n) is 2.97. The van der Waals surface area contributed by atoms with Gasteiger partial charge in [-0.1, -0.05) is 23.2 Å². The van der Waals surface area contributed by atoms with Crippen LogP contribution in [0.1, 0.15) is 21.6 Å². The molecular formula is C13H7Cl2F3IN5O. The number of nitriles is 1. The van der Waals surface area contributed by atoms with Gasteiger partial charge in [-0.25, -0.2) is 0 Å². The molecule has 0 atom stereocenters. The Balaban J connectivity index is 2.36. The third kappa shape index (κ3) is 4.10. The van der Waals surface area contributed by atoms with Gasteiger partial charge < -0.3 is 0 Å². The summed E-state index contributed by atoms with van der Waals surface area (Å²) in [6.45, 7) is 0. The maximum Gasteiger partial charge on any atom is 0.436 e. The van der Waals surface area contributed by atoms with Crippen LogP contribution in [-0.4, -0.2) is 20.9 Å². The number of aromatic nitrogens is 2. The van der Waals surface area contributed by atoms with Crippen molar-refractivity contribution in [1.29, 1.82) is 5.26 Å². The SMILES string of the molecule is CN(NC(=O)c1ccc(Cl)cc1Cl)c1c(C#N)c(C(F)(F)F)nn1I. The second-order valence-corrected chi connectivity index (χ2v) is 6.40. The zero-order chi connectivity index (χ0) is 18.9. The Morgan fingerprint density at radius 2 is 2.08 bits per heavy atom. The Bertz CT molecular complexity index is 878. The Morgan fingerprint density at radius 3 is 2.60 bits per heavy atom. The summed E-state index contributed by atoms with van der Waals surface area (Å²) in [5.74, 6) is -0.937. The highest BCUT2D eigenvalue weighted by Gasteiger charge is 2.40. The van der Waals surface area contributed by atoms with Gasteiger partial charge in [0.05, 0.1) is 33.5 Å². The first-order valence-electron chi connectivity index (χ1n) is 6.32. The Kier molecular flexibility index (Phi) is 5.70. The molecule has 1 N–H and O–H groups in total. The highest BCUT2D eigenvalue weighted by Crippen LogP contribution is 2.35.